The standard InChI is InChI=1S/C12H15F3N2O/c1-3-10(12(13,14)15)17-8-4-5-9(11(16)18)7(2)6-8/h4-6,10,17H,3H2,1-2H3,(H2,16,18)/t10-/m1/s1. The molecule has 0 heterocycles. The fraction of sp³-hybridized carbons (Fsp3) is 0.417. The Hall–Kier alpha value is -1.72. The van der Waals surface area contributed by atoms with Crippen molar-refractivity contribution in [2.45, 2.75) is 32.5 Å². The van der Waals surface area contributed by atoms with Crippen molar-refractivity contribution in [2.24, 2.45) is 5.73 Å². The Morgan fingerprint density at radius 2 is 2.06 bits per heavy atom. The molecule has 1 atom stereocenters. The van der Waals surface area contributed by atoms with Crippen molar-refractivity contribution < 1.29 is 18.0 Å². The van der Waals surface area contributed by atoms with Gasteiger partial charge in [-0.1, -0.05) is 6.92 Å². The summed E-state index contributed by atoms with van der Waals surface area (Å²) in [7, 11) is 0. The molecule has 100 valence electrons. The summed E-state index contributed by atoms with van der Waals surface area (Å²) in [5, 5.41) is 2.40. The van der Waals surface area contributed by atoms with Crippen LogP contribution in [0.1, 0.15) is 29.3 Å². The van der Waals surface area contributed by atoms with Crippen LogP contribution in [0.15, 0.2) is 18.2 Å². The highest BCUT2D eigenvalue weighted by atomic mass is 19.4. The van der Waals surface area contributed by atoms with Gasteiger partial charge in [-0.2, -0.15) is 13.2 Å². The summed E-state index contributed by atoms with van der Waals surface area (Å²) < 4.78 is 37.7. The second kappa shape index (κ2) is 5.29. The highest BCUT2D eigenvalue weighted by Gasteiger charge is 2.38. The lowest BCUT2D eigenvalue weighted by Crippen LogP contribution is -2.35. The number of nitrogens with two attached hydrogens (primary N) is 1. The molecule has 0 saturated heterocycles. The van der Waals surface area contributed by atoms with Gasteiger partial charge in [0.15, 0.2) is 0 Å². The zero-order valence-corrected chi connectivity index (χ0v) is 10.1. The summed E-state index contributed by atoms with van der Waals surface area (Å²) in [5.74, 6) is -0.595. The predicted octanol–water partition coefficient (Wildman–Crippen LogP) is 2.85. The lowest BCUT2D eigenvalue weighted by molar-refractivity contribution is -0.142. The highest BCUT2D eigenvalue weighted by Crippen LogP contribution is 2.26. The number of hydrogen-bond acceptors (Lipinski definition) is 2. The molecule has 0 spiro atoms. The largest absolute Gasteiger partial charge is 0.408 e. The van der Waals surface area contributed by atoms with E-state index in [2.05, 4.69) is 5.32 Å². The van der Waals surface area contributed by atoms with Crippen molar-refractivity contribution in [2.75, 3.05) is 5.32 Å². The smallest absolute Gasteiger partial charge is 0.374 e. The molecule has 3 nitrogen and oxygen atoms in total. The maximum Gasteiger partial charge on any atom is 0.408 e. The van der Waals surface area contributed by atoms with Crippen LogP contribution in [0.3, 0.4) is 0 Å². The molecule has 0 aromatic heterocycles. The van der Waals surface area contributed by atoms with E-state index in [0.29, 0.717) is 16.8 Å². The minimum Gasteiger partial charge on any atom is -0.374 e. The van der Waals surface area contributed by atoms with Crippen LogP contribution < -0.4 is 11.1 Å². The number of benzene rings is 1. The molecule has 0 fully saturated rings. The second-order valence-corrected chi connectivity index (χ2v) is 4.04. The van der Waals surface area contributed by atoms with Gasteiger partial charge in [-0.25, -0.2) is 0 Å². The SMILES string of the molecule is CC[C@@H](Nc1ccc(C(N)=O)c(C)c1)C(F)(F)F. The third-order valence-corrected chi connectivity index (χ3v) is 2.64. The van der Waals surface area contributed by atoms with Gasteiger partial charge in [0.25, 0.3) is 0 Å². The number of carbonyl (C=O) groups is 1. The molecule has 0 bridgehead atoms. The monoisotopic (exact) mass is 260 g/mol. The Morgan fingerprint density at radius 3 is 2.44 bits per heavy atom. The van der Waals surface area contributed by atoms with Crippen molar-refractivity contribution in [3.8, 4) is 0 Å². The highest BCUT2D eigenvalue weighted by molar-refractivity contribution is 5.94. The second-order valence-electron chi connectivity index (χ2n) is 4.04. The number of nitrogens with one attached hydrogen (secondary N) is 1. The van der Waals surface area contributed by atoms with E-state index in [1.165, 1.54) is 25.1 Å². The first-order valence-electron chi connectivity index (χ1n) is 5.49. The van der Waals surface area contributed by atoms with Gasteiger partial charge >= 0.3 is 6.18 Å². The van der Waals surface area contributed by atoms with E-state index in [1.54, 1.807) is 6.92 Å². The molecule has 1 rings (SSSR count). The number of anilines is 1. The third-order valence-electron chi connectivity index (χ3n) is 2.64. The first-order chi connectivity index (χ1) is 8.25. The number of primary amides is 1. The van der Waals surface area contributed by atoms with Crippen molar-refractivity contribution in [3.05, 3.63) is 29.3 Å². The molecule has 0 unspecified atom stereocenters. The number of carbonyl (C=O) groups excluding carboxylic acids is 1. The lowest BCUT2D eigenvalue weighted by atomic mass is 10.1. The van der Waals surface area contributed by atoms with Gasteiger partial charge in [-0.3, -0.25) is 4.79 Å². The topological polar surface area (TPSA) is 55.1 Å². The molecule has 0 aliphatic rings. The van der Waals surface area contributed by atoms with Gasteiger partial charge in [0, 0.05) is 11.3 Å². The number of rotatable bonds is 4. The van der Waals surface area contributed by atoms with E-state index < -0.39 is 18.1 Å². The molecule has 6 heteroatoms. The Balaban J connectivity index is 2.92. The maximum atomic E-state index is 12.6. The number of aryl methyl sites for hydroxylation is 1. The number of hydrogen-bond donors (Lipinski definition) is 2. The zero-order valence-electron chi connectivity index (χ0n) is 10.1. The van der Waals surface area contributed by atoms with E-state index in [4.69, 9.17) is 5.73 Å². The minimum atomic E-state index is -4.30. The van der Waals surface area contributed by atoms with Crippen molar-refractivity contribution in [3.63, 3.8) is 0 Å². The van der Waals surface area contributed by atoms with Crippen LogP contribution in [-0.4, -0.2) is 18.1 Å². The molecule has 1 aromatic carbocycles. The molecule has 18 heavy (non-hydrogen) atoms. The molecular weight excluding hydrogens is 245 g/mol. The summed E-state index contributed by atoms with van der Waals surface area (Å²) in [6.07, 6.45) is -4.37. The minimum absolute atomic E-state index is 0.0693. The normalized spacial score (nSPS) is 13.2. The molecule has 0 aliphatic carbocycles. The predicted molar refractivity (Wildman–Crippen MR) is 63.5 cm³/mol. The first-order valence-corrected chi connectivity index (χ1v) is 5.49. The molecular formula is C12H15F3N2O. The average molecular weight is 260 g/mol. The fourth-order valence-electron chi connectivity index (χ4n) is 1.65. The Kier molecular flexibility index (Phi) is 4.21. The van der Waals surface area contributed by atoms with Gasteiger partial charge < -0.3 is 11.1 Å². The van der Waals surface area contributed by atoms with Gasteiger partial charge in [-0.15, -0.1) is 0 Å². The fourth-order valence-corrected chi connectivity index (χ4v) is 1.65. The van der Waals surface area contributed by atoms with E-state index in [9.17, 15) is 18.0 Å². The number of amides is 1. The van der Waals surface area contributed by atoms with E-state index in [1.807, 2.05) is 0 Å². The van der Waals surface area contributed by atoms with Crippen LogP contribution in [0.2, 0.25) is 0 Å². The summed E-state index contributed by atoms with van der Waals surface area (Å²) in [4.78, 5) is 11.0. The first kappa shape index (κ1) is 14.3. The summed E-state index contributed by atoms with van der Waals surface area (Å²) in [5.41, 5.74) is 6.29. The molecule has 0 aliphatic heterocycles. The lowest BCUT2D eigenvalue weighted by Gasteiger charge is -2.21. The van der Waals surface area contributed by atoms with Gasteiger partial charge in [0.05, 0.1) is 0 Å². The van der Waals surface area contributed by atoms with Crippen LogP contribution in [0, 0.1) is 6.92 Å². The van der Waals surface area contributed by atoms with Crippen molar-refractivity contribution in [1.29, 1.82) is 0 Å². The third kappa shape index (κ3) is 3.38. The van der Waals surface area contributed by atoms with Crippen LogP contribution in [0.4, 0.5) is 18.9 Å². The van der Waals surface area contributed by atoms with Crippen LogP contribution in [0.25, 0.3) is 0 Å². The van der Waals surface area contributed by atoms with Crippen LogP contribution in [0.5, 0.6) is 0 Å². The van der Waals surface area contributed by atoms with Gasteiger partial charge in [-0.05, 0) is 37.1 Å². The average Bonchev–Trinajstić information content (AvgIpc) is 2.23. The van der Waals surface area contributed by atoms with Crippen LogP contribution in [-0.2, 0) is 0 Å². The van der Waals surface area contributed by atoms with E-state index in [-0.39, 0.29) is 6.42 Å². The quantitative estimate of drug-likeness (QED) is 0.874. The van der Waals surface area contributed by atoms with E-state index in [0.717, 1.165) is 0 Å². The number of alkyl halides is 3. The molecule has 0 saturated carbocycles. The Morgan fingerprint density at radius 1 is 1.44 bits per heavy atom. The van der Waals surface area contributed by atoms with Crippen molar-refractivity contribution >= 4 is 11.6 Å². The van der Waals surface area contributed by atoms with E-state index >= 15 is 0 Å². The molecule has 3 N–H and O–H groups in total. The zero-order chi connectivity index (χ0) is 13.9. The summed E-state index contributed by atoms with van der Waals surface area (Å²) in [6.45, 7) is 3.08. The Bertz CT molecular complexity index is 443. The molecule has 0 radical (unpaired) electrons. The summed E-state index contributed by atoms with van der Waals surface area (Å²) >= 11 is 0. The van der Waals surface area contributed by atoms with Gasteiger partial charge in [0.2, 0.25) is 5.91 Å². The maximum absolute atomic E-state index is 12.6. The Labute approximate surface area is 103 Å². The van der Waals surface area contributed by atoms with Crippen LogP contribution >= 0.6 is 0 Å². The summed E-state index contributed by atoms with van der Waals surface area (Å²) in [6, 6.07) is 2.72. The number of halogens is 3. The molecule has 1 aromatic rings. The van der Waals surface area contributed by atoms with Crippen molar-refractivity contribution in [1.82, 2.24) is 0 Å². The molecule has 1 amide bonds. The van der Waals surface area contributed by atoms with Gasteiger partial charge in [0.1, 0.15) is 6.04 Å².